The van der Waals surface area contributed by atoms with E-state index in [0.29, 0.717) is 18.8 Å². The Morgan fingerprint density at radius 2 is 2.28 bits per heavy atom. The molecule has 5 heteroatoms. The fraction of sp³-hybridized carbons (Fsp3) is 0.462. The standard InChI is InChI=1S/C13H18N2O3/c1-18-12-6-3-2-5-10(12)15-8-4-7-14-13(17)11(15)9-16/h2-3,5-6,11,16H,4,7-9H2,1H3,(H,14,17). The van der Waals surface area contributed by atoms with Crippen LogP contribution >= 0.6 is 0 Å². The Morgan fingerprint density at radius 1 is 1.50 bits per heavy atom. The van der Waals surface area contributed by atoms with Crippen molar-refractivity contribution in [2.45, 2.75) is 12.5 Å². The van der Waals surface area contributed by atoms with Crippen LogP contribution in [0.2, 0.25) is 0 Å². The fourth-order valence-electron chi connectivity index (χ4n) is 2.21. The van der Waals surface area contributed by atoms with E-state index in [2.05, 4.69) is 5.32 Å². The van der Waals surface area contributed by atoms with Crippen LogP contribution in [0.5, 0.6) is 5.75 Å². The van der Waals surface area contributed by atoms with Gasteiger partial charge in [-0.2, -0.15) is 0 Å². The lowest BCUT2D eigenvalue weighted by molar-refractivity contribution is -0.122. The molecule has 0 spiro atoms. The summed E-state index contributed by atoms with van der Waals surface area (Å²) in [6.07, 6.45) is 0.848. The Morgan fingerprint density at radius 3 is 3.00 bits per heavy atom. The fourth-order valence-corrected chi connectivity index (χ4v) is 2.21. The van der Waals surface area contributed by atoms with Crippen LogP contribution in [-0.4, -0.2) is 43.9 Å². The number of benzene rings is 1. The number of carbonyl (C=O) groups is 1. The van der Waals surface area contributed by atoms with E-state index in [1.54, 1.807) is 7.11 Å². The minimum atomic E-state index is -0.552. The molecule has 1 atom stereocenters. The number of nitrogens with one attached hydrogen (secondary N) is 1. The highest BCUT2D eigenvalue weighted by molar-refractivity contribution is 5.86. The lowest BCUT2D eigenvalue weighted by atomic mass is 10.2. The van der Waals surface area contributed by atoms with Gasteiger partial charge in [0, 0.05) is 13.1 Å². The van der Waals surface area contributed by atoms with Crippen molar-refractivity contribution in [3.05, 3.63) is 24.3 Å². The Hall–Kier alpha value is -1.75. The highest BCUT2D eigenvalue weighted by atomic mass is 16.5. The summed E-state index contributed by atoms with van der Waals surface area (Å²) in [7, 11) is 1.60. The van der Waals surface area contributed by atoms with Crippen LogP contribution in [0.4, 0.5) is 5.69 Å². The van der Waals surface area contributed by atoms with Gasteiger partial charge in [-0.25, -0.2) is 0 Å². The second-order valence-electron chi connectivity index (χ2n) is 4.21. The number of anilines is 1. The first kappa shape index (κ1) is 12.7. The van der Waals surface area contributed by atoms with Crippen LogP contribution in [0.3, 0.4) is 0 Å². The van der Waals surface area contributed by atoms with Crippen LogP contribution in [0.1, 0.15) is 6.42 Å². The number of para-hydroxylation sites is 2. The first-order valence-corrected chi connectivity index (χ1v) is 6.06. The van der Waals surface area contributed by atoms with Gasteiger partial charge in [-0.05, 0) is 18.6 Å². The maximum Gasteiger partial charge on any atom is 0.245 e. The average Bonchev–Trinajstić information content (AvgIpc) is 2.60. The molecule has 1 unspecified atom stereocenters. The Balaban J connectivity index is 2.36. The van der Waals surface area contributed by atoms with Crippen molar-refractivity contribution in [3.8, 4) is 5.75 Å². The van der Waals surface area contributed by atoms with Crippen molar-refractivity contribution in [1.82, 2.24) is 5.32 Å². The van der Waals surface area contributed by atoms with E-state index in [4.69, 9.17) is 4.74 Å². The summed E-state index contributed by atoms with van der Waals surface area (Å²) in [5, 5.41) is 12.2. The van der Waals surface area contributed by atoms with E-state index in [1.807, 2.05) is 29.2 Å². The molecule has 1 amide bonds. The summed E-state index contributed by atoms with van der Waals surface area (Å²) in [5.41, 5.74) is 0.844. The second-order valence-corrected chi connectivity index (χ2v) is 4.21. The van der Waals surface area contributed by atoms with Crippen molar-refractivity contribution < 1.29 is 14.6 Å². The molecule has 0 aromatic heterocycles. The maximum absolute atomic E-state index is 11.9. The minimum Gasteiger partial charge on any atom is -0.495 e. The van der Waals surface area contributed by atoms with E-state index in [0.717, 1.165) is 12.1 Å². The zero-order chi connectivity index (χ0) is 13.0. The molecule has 1 saturated heterocycles. The molecule has 1 aliphatic heterocycles. The summed E-state index contributed by atoms with van der Waals surface area (Å²) in [6.45, 7) is 1.15. The summed E-state index contributed by atoms with van der Waals surface area (Å²) in [4.78, 5) is 13.8. The van der Waals surface area contributed by atoms with Gasteiger partial charge in [-0.3, -0.25) is 4.79 Å². The van der Waals surface area contributed by atoms with Crippen molar-refractivity contribution in [2.24, 2.45) is 0 Å². The van der Waals surface area contributed by atoms with Crippen molar-refractivity contribution in [3.63, 3.8) is 0 Å². The number of methoxy groups -OCH3 is 1. The van der Waals surface area contributed by atoms with E-state index >= 15 is 0 Å². The van der Waals surface area contributed by atoms with Crippen LogP contribution in [0.15, 0.2) is 24.3 Å². The number of ether oxygens (including phenoxy) is 1. The van der Waals surface area contributed by atoms with Gasteiger partial charge in [0.15, 0.2) is 0 Å². The van der Waals surface area contributed by atoms with Crippen LogP contribution in [0, 0.1) is 0 Å². The zero-order valence-electron chi connectivity index (χ0n) is 10.4. The average molecular weight is 250 g/mol. The summed E-state index contributed by atoms with van der Waals surface area (Å²) in [5.74, 6) is 0.576. The predicted molar refractivity (Wildman–Crippen MR) is 68.8 cm³/mol. The van der Waals surface area contributed by atoms with Crippen molar-refractivity contribution >= 4 is 11.6 Å². The van der Waals surface area contributed by atoms with Gasteiger partial charge in [0.2, 0.25) is 5.91 Å². The van der Waals surface area contributed by atoms with Gasteiger partial charge in [0.1, 0.15) is 11.8 Å². The molecule has 1 aliphatic rings. The molecule has 98 valence electrons. The van der Waals surface area contributed by atoms with Crippen molar-refractivity contribution in [2.75, 3.05) is 31.7 Å². The molecule has 1 heterocycles. The number of hydrogen-bond acceptors (Lipinski definition) is 4. The highest BCUT2D eigenvalue weighted by Crippen LogP contribution is 2.29. The molecule has 0 radical (unpaired) electrons. The predicted octanol–water partition coefficient (Wildman–Crippen LogP) is 0.382. The summed E-state index contributed by atoms with van der Waals surface area (Å²) < 4.78 is 5.31. The largest absolute Gasteiger partial charge is 0.495 e. The van der Waals surface area contributed by atoms with Gasteiger partial charge in [0.05, 0.1) is 19.4 Å². The van der Waals surface area contributed by atoms with Gasteiger partial charge in [-0.1, -0.05) is 12.1 Å². The molecule has 2 N–H and O–H groups in total. The van der Waals surface area contributed by atoms with Crippen LogP contribution in [0.25, 0.3) is 0 Å². The second kappa shape index (κ2) is 5.73. The number of hydrogen-bond donors (Lipinski definition) is 2. The molecular formula is C13H18N2O3. The number of carbonyl (C=O) groups excluding carboxylic acids is 1. The van der Waals surface area contributed by atoms with Crippen LogP contribution < -0.4 is 15.0 Å². The normalized spacial score (nSPS) is 20.2. The first-order valence-electron chi connectivity index (χ1n) is 6.06. The number of nitrogens with zero attached hydrogens (tertiary/aromatic N) is 1. The molecule has 0 bridgehead atoms. The minimum absolute atomic E-state index is 0.138. The topological polar surface area (TPSA) is 61.8 Å². The smallest absolute Gasteiger partial charge is 0.245 e. The van der Waals surface area contributed by atoms with E-state index in [-0.39, 0.29) is 12.5 Å². The number of amides is 1. The monoisotopic (exact) mass is 250 g/mol. The van der Waals surface area contributed by atoms with Crippen LogP contribution in [-0.2, 0) is 4.79 Å². The third-order valence-electron chi connectivity index (χ3n) is 3.12. The highest BCUT2D eigenvalue weighted by Gasteiger charge is 2.29. The molecule has 2 rings (SSSR count). The molecule has 1 fully saturated rings. The SMILES string of the molecule is COc1ccccc1N1CCCNC(=O)C1CO. The Labute approximate surface area is 106 Å². The van der Waals surface area contributed by atoms with Gasteiger partial charge in [0.25, 0.3) is 0 Å². The van der Waals surface area contributed by atoms with Gasteiger partial charge >= 0.3 is 0 Å². The number of rotatable bonds is 3. The Bertz CT molecular complexity index is 422. The summed E-state index contributed by atoms with van der Waals surface area (Å²) in [6, 6.07) is 6.99. The quantitative estimate of drug-likeness (QED) is 0.814. The molecule has 1 aromatic rings. The molecule has 0 saturated carbocycles. The molecule has 5 nitrogen and oxygen atoms in total. The summed E-state index contributed by atoms with van der Waals surface area (Å²) >= 11 is 0. The number of aliphatic hydroxyl groups excluding tert-OH is 1. The zero-order valence-corrected chi connectivity index (χ0v) is 10.4. The lowest BCUT2D eigenvalue weighted by Crippen LogP contribution is -2.46. The van der Waals surface area contributed by atoms with Gasteiger partial charge < -0.3 is 20.1 Å². The maximum atomic E-state index is 11.9. The first-order chi connectivity index (χ1) is 8.77. The third kappa shape index (κ3) is 2.41. The number of aliphatic hydroxyl groups is 1. The van der Waals surface area contributed by atoms with Crippen molar-refractivity contribution in [1.29, 1.82) is 0 Å². The van der Waals surface area contributed by atoms with Gasteiger partial charge in [-0.15, -0.1) is 0 Å². The van der Waals surface area contributed by atoms with E-state index in [1.165, 1.54) is 0 Å². The van der Waals surface area contributed by atoms with E-state index < -0.39 is 6.04 Å². The molecule has 0 aliphatic carbocycles. The molecular weight excluding hydrogens is 232 g/mol. The van der Waals surface area contributed by atoms with E-state index in [9.17, 15) is 9.90 Å². The molecule has 1 aromatic carbocycles. The third-order valence-corrected chi connectivity index (χ3v) is 3.12. The Kier molecular flexibility index (Phi) is 4.04. The molecule has 18 heavy (non-hydrogen) atoms. The lowest BCUT2D eigenvalue weighted by Gasteiger charge is -2.30.